The molecule has 0 saturated carbocycles. The van der Waals surface area contributed by atoms with Gasteiger partial charge in [0.15, 0.2) is 0 Å². The average Bonchev–Trinajstić information content (AvgIpc) is 3.39. The Balaban J connectivity index is 1.68. The van der Waals surface area contributed by atoms with Crippen molar-refractivity contribution in [3.8, 4) is 11.3 Å². The van der Waals surface area contributed by atoms with E-state index in [4.69, 9.17) is 10.7 Å². The predicted molar refractivity (Wildman–Crippen MR) is 153 cm³/mol. The predicted octanol–water partition coefficient (Wildman–Crippen LogP) is 6.18. The summed E-state index contributed by atoms with van der Waals surface area (Å²) in [5, 5.41) is 0. The van der Waals surface area contributed by atoms with E-state index < -0.39 is 6.04 Å². The Morgan fingerprint density at radius 1 is 0.789 bits per heavy atom. The Morgan fingerprint density at radius 3 is 2.00 bits per heavy atom. The molecule has 1 heterocycles. The number of imidazole rings is 1. The van der Waals surface area contributed by atoms with Crippen LogP contribution < -0.4 is 5.73 Å². The summed E-state index contributed by atoms with van der Waals surface area (Å²) in [7, 11) is 0. The highest BCUT2D eigenvalue weighted by Crippen LogP contribution is 2.32. The molecule has 0 radical (unpaired) electrons. The normalized spacial score (nSPS) is 11.7. The Hall–Kier alpha value is -4.48. The number of amides is 1. The van der Waals surface area contributed by atoms with E-state index in [9.17, 15) is 4.79 Å². The third-order valence-electron chi connectivity index (χ3n) is 6.63. The fraction of sp³-hybridized carbons (Fsp3) is 0.152. The first-order valence-corrected chi connectivity index (χ1v) is 13.0. The van der Waals surface area contributed by atoms with Gasteiger partial charge in [0, 0.05) is 30.4 Å². The molecule has 38 heavy (non-hydrogen) atoms. The highest BCUT2D eigenvalue weighted by Gasteiger charge is 2.31. The van der Waals surface area contributed by atoms with Crippen molar-refractivity contribution in [2.24, 2.45) is 5.73 Å². The molecule has 0 saturated heterocycles. The standard InChI is InChI=1S/C33H32N4O/c34-22-13-23-37(33(38)29-20-11-4-12-21-29)31(28-18-9-3-10-19-28)32-35-30(27-16-7-2-8-17-27)25-36(32)24-26-14-5-1-6-15-26/h1-12,14-21,25,31H,13,22-24,34H2. The molecular weight excluding hydrogens is 468 g/mol. The SMILES string of the molecule is NCCCN(C(=O)c1ccccc1)C(c1ccccc1)c1nc(-c2ccccc2)cn1Cc1ccccc1. The van der Waals surface area contributed by atoms with Crippen LogP contribution in [0.3, 0.4) is 0 Å². The number of carbonyl (C=O) groups excluding carboxylic acids is 1. The molecule has 0 spiro atoms. The summed E-state index contributed by atoms with van der Waals surface area (Å²) >= 11 is 0. The van der Waals surface area contributed by atoms with E-state index in [-0.39, 0.29) is 5.91 Å². The molecule has 1 unspecified atom stereocenters. The average molecular weight is 501 g/mol. The van der Waals surface area contributed by atoms with Gasteiger partial charge in [-0.25, -0.2) is 4.98 Å². The van der Waals surface area contributed by atoms with E-state index in [1.165, 1.54) is 5.56 Å². The van der Waals surface area contributed by atoms with Crippen molar-refractivity contribution in [2.45, 2.75) is 19.0 Å². The van der Waals surface area contributed by atoms with Crippen LogP contribution in [0.15, 0.2) is 128 Å². The minimum Gasteiger partial charge on any atom is -0.330 e. The monoisotopic (exact) mass is 500 g/mol. The van der Waals surface area contributed by atoms with Gasteiger partial charge in [0.25, 0.3) is 5.91 Å². The highest BCUT2D eigenvalue weighted by molar-refractivity contribution is 5.94. The zero-order valence-electron chi connectivity index (χ0n) is 21.4. The van der Waals surface area contributed by atoms with E-state index in [1.54, 1.807) is 0 Å². The number of benzene rings is 4. The summed E-state index contributed by atoms with van der Waals surface area (Å²) < 4.78 is 2.18. The van der Waals surface area contributed by atoms with Gasteiger partial charge in [-0.1, -0.05) is 109 Å². The fourth-order valence-corrected chi connectivity index (χ4v) is 4.76. The first kappa shape index (κ1) is 25.2. The maximum Gasteiger partial charge on any atom is 0.254 e. The van der Waals surface area contributed by atoms with Crippen LogP contribution in [0.4, 0.5) is 0 Å². The topological polar surface area (TPSA) is 64.2 Å². The molecule has 190 valence electrons. The lowest BCUT2D eigenvalue weighted by atomic mass is 10.0. The summed E-state index contributed by atoms with van der Waals surface area (Å²) in [6.45, 7) is 1.65. The number of hydrogen-bond donors (Lipinski definition) is 1. The van der Waals surface area contributed by atoms with Crippen molar-refractivity contribution in [1.29, 1.82) is 0 Å². The lowest BCUT2D eigenvalue weighted by Crippen LogP contribution is -2.38. The van der Waals surface area contributed by atoms with Gasteiger partial charge >= 0.3 is 0 Å². The summed E-state index contributed by atoms with van der Waals surface area (Å²) in [4.78, 5) is 21.2. The minimum atomic E-state index is -0.392. The van der Waals surface area contributed by atoms with Gasteiger partial charge in [0.1, 0.15) is 11.9 Å². The van der Waals surface area contributed by atoms with Crippen LogP contribution in [-0.2, 0) is 6.54 Å². The fourth-order valence-electron chi connectivity index (χ4n) is 4.76. The van der Waals surface area contributed by atoms with Crippen LogP contribution in [-0.4, -0.2) is 33.4 Å². The molecule has 5 heteroatoms. The van der Waals surface area contributed by atoms with Crippen molar-refractivity contribution in [2.75, 3.05) is 13.1 Å². The number of hydrogen-bond acceptors (Lipinski definition) is 3. The van der Waals surface area contributed by atoms with Gasteiger partial charge < -0.3 is 15.2 Å². The largest absolute Gasteiger partial charge is 0.330 e. The van der Waals surface area contributed by atoms with Crippen LogP contribution in [0.25, 0.3) is 11.3 Å². The summed E-state index contributed by atoms with van der Waals surface area (Å²) in [5.74, 6) is 0.781. The number of nitrogens with two attached hydrogens (primary N) is 1. The van der Waals surface area contributed by atoms with Crippen molar-refractivity contribution in [3.05, 3.63) is 150 Å². The van der Waals surface area contributed by atoms with Crippen molar-refractivity contribution in [1.82, 2.24) is 14.5 Å². The zero-order valence-corrected chi connectivity index (χ0v) is 21.4. The quantitative estimate of drug-likeness (QED) is 0.249. The van der Waals surface area contributed by atoms with Gasteiger partial charge in [0.2, 0.25) is 0 Å². The van der Waals surface area contributed by atoms with Gasteiger partial charge in [-0.3, -0.25) is 4.79 Å². The second kappa shape index (κ2) is 12.2. The van der Waals surface area contributed by atoms with E-state index in [1.807, 2.05) is 89.8 Å². The van der Waals surface area contributed by atoms with Crippen LogP contribution in [0.1, 0.15) is 39.8 Å². The molecule has 5 nitrogen and oxygen atoms in total. The highest BCUT2D eigenvalue weighted by atomic mass is 16.2. The molecule has 5 rings (SSSR count). The van der Waals surface area contributed by atoms with Crippen LogP contribution in [0, 0.1) is 0 Å². The Labute approximate surface area is 224 Å². The maximum atomic E-state index is 14.0. The Kier molecular flexibility index (Phi) is 8.07. The molecule has 0 aliphatic carbocycles. The Bertz CT molecular complexity index is 1430. The zero-order chi connectivity index (χ0) is 26.2. The second-order valence-electron chi connectivity index (χ2n) is 9.28. The minimum absolute atomic E-state index is 0.0385. The van der Waals surface area contributed by atoms with Gasteiger partial charge in [-0.05, 0) is 36.2 Å². The van der Waals surface area contributed by atoms with E-state index in [0.29, 0.717) is 31.6 Å². The van der Waals surface area contributed by atoms with E-state index in [0.717, 1.165) is 22.6 Å². The first-order valence-electron chi connectivity index (χ1n) is 13.0. The Morgan fingerprint density at radius 2 is 1.37 bits per heavy atom. The molecular formula is C33H32N4O. The van der Waals surface area contributed by atoms with E-state index >= 15 is 0 Å². The number of rotatable bonds is 10. The van der Waals surface area contributed by atoms with Gasteiger partial charge in [0.05, 0.1) is 5.69 Å². The van der Waals surface area contributed by atoms with Crippen molar-refractivity contribution in [3.63, 3.8) is 0 Å². The molecule has 2 N–H and O–H groups in total. The van der Waals surface area contributed by atoms with Crippen LogP contribution in [0.5, 0.6) is 0 Å². The van der Waals surface area contributed by atoms with E-state index in [2.05, 4.69) is 47.2 Å². The summed E-state index contributed by atoms with van der Waals surface area (Å²) in [5.41, 5.74) is 10.7. The van der Waals surface area contributed by atoms with Crippen LogP contribution >= 0.6 is 0 Å². The molecule has 4 aromatic carbocycles. The molecule has 0 bridgehead atoms. The summed E-state index contributed by atoms with van der Waals surface area (Å²) in [6.07, 6.45) is 2.79. The molecule has 5 aromatic rings. The molecule has 0 fully saturated rings. The van der Waals surface area contributed by atoms with Gasteiger partial charge in [-0.2, -0.15) is 0 Å². The molecule has 1 atom stereocenters. The van der Waals surface area contributed by atoms with Crippen molar-refractivity contribution < 1.29 is 4.79 Å². The maximum absolute atomic E-state index is 14.0. The molecule has 0 aliphatic rings. The number of carbonyl (C=O) groups is 1. The molecule has 1 aromatic heterocycles. The third-order valence-corrected chi connectivity index (χ3v) is 6.63. The number of nitrogens with zero attached hydrogens (tertiary/aromatic N) is 3. The lowest BCUT2D eigenvalue weighted by molar-refractivity contribution is 0.0696. The summed E-state index contributed by atoms with van der Waals surface area (Å²) in [6, 6.07) is 39.8. The van der Waals surface area contributed by atoms with Gasteiger partial charge in [-0.15, -0.1) is 0 Å². The second-order valence-corrected chi connectivity index (χ2v) is 9.28. The lowest BCUT2D eigenvalue weighted by Gasteiger charge is -2.32. The van der Waals surface area contributed by atoms with Crippen LogP contribution in [0.2, 0.25) is 0 Å². The smallest absolute Gasteiger partial charge is 0.254 e. The molecule has 0 aliphatic heterocycles. The first-order chi connectivity index (χ1) is 18.7. The third kappa shape index (κ3) is 5.74. The van der Waals surface area contributed by atoms with Crippen molar-refractivity contribution >= 4 is 5.91 Å². The molecule has 1 amide bonds. The number of aromatic nitrogens is 2.